The highest BCUT2D eigenvalue weighted by atomic mass is 32.2. The molecule has 20 heavy (non-hydrogen) atoms. The van der Waals surface area contributed by atoms with Gasteiger partial charge in [-0.1, -0.05) is 25.1 Å². The van der Waals surface area contributed by atoms with Gasteiger partial charge in [0.1, 0.15) is 11.0 Å². The Kier molecular flexibility index (Phi) is 5.16. The molecule has 0 bridgehead atoms. The molecule has 0 saturated carbocycles. The van der Waals surface area contributed by atoms with Crippen LogP contribution in [0.1, 0.15) is 34.1 Å². The van der Waals surface area contributed by atoms with Crippen LogP contribution in [0.5, 0.6) is 0 Å². The minimum absolute atomic E-state index is 0.183. The van der Waals surface area contributed by atoms with Crippen LogP contribution in [0.4, 0.5) is 4.79 Å². The normalized spacial score (nSPS) is 13.6. The van der Waals surface area contributed by atoms with E-state index < -0.39 is 26.9 Å². The zero-order valence-electron chi connectivity index (χ0n) is 12.2. The number of hydrogen-bond donors (Lipinski definition) is 1. The molecule has 1 unspecified atom stereocenters. The fourth-order valence-electron chi connectivity index (χ4n) is 1.61. The Bertz CT molecular complexity index is 546. The van der Waals surface area contributed by atoms with Crippen molar-refractivity contribution in [3.8, 4) is 0 Å². The maximum Gasteiger partial charge on any atom is 0.408 e. The number of benzene rings is 1. The summed E-state index contributed by atoms with van der Waals surface area (Å²) in [5, 5.41) is 1.41. The average molecular weight is 299 g/mol. The Hall–Kier alpha value is -1.56. The van der Waals surface area contributed by atoms with Gasteiger partial charge in [0.2, 0.25) is 0 Å². The molecule has 1 aromatic carbocycles. The number of alkyl carbamates (subject to hydrolysis) is 1. The molecule has 1 rings (SSSR count). The van der Waals surface area contributed by atoms with E-state index in [0.717, 1.165) is 0 Å². The van der Waals surface area contributed by atoms with E-state index in [0.29, 0.717) is 0 Å². The molecule has 0 radical (unpaired) electrons. The molecule has 112 valence electrons. The predicted octanol–water partition coefficient (Wildman–Crippen LogP) is 2.72. The van der Waals surface area contributed by atoms with E-state index in [2.05, 4.69) is 5.32 Å². The first-order valence-electron chi connectivity index (χ1n) is 6.45. The van der Waals surface area contributed by atoms with Crippen molar-refractivity contribution in [3.05, 3.63) is 30.3 Å². The monoisotopic (exact) mass is 299 g/mol. The molecule has 1 N–H and O–H groups in total. The maximum absolute atomic E-state index is 12.4. The first-order chi connectivity index (χ1) is 9.16. The molecule has 6 heteroatoms. The SMILES string of the molecule is CCC(NC(=O)OC(C)(C)C)S(=O)(=O)c1ccccc1. The van der Waals surface area contributed by atoms with Gasteiger partial charge >= 0.3 is 6.09 Å². The second kappa shape index (κ2) is 6.26. The predicted molar refractivity (Wildman–Crippen MR) is 77.1 cm³/mol. The third-order valence-corrected chi connectivity index (χ3v) is 4.62. The lowest BCUT2D eigenvalue weighted by atomic mass is 10.2. The lowest BCUT2D eigenvalue weighted by Gasteiger charge is -2.23. The minimum Gasteiger partial charge on any atom is -0.444 e. The Morgan fingerprint density at radius 1 is 1.25 bits per heavy atom. The topological polar surface area (TPSA) is 72.5 Å². The van der Waals surface area contributed by atoms with Crippen molar-refractivity contribution < 1.29 is 17.9 Å². The largest absolute Gasteiger partial charge is 0.444 e. The van der Waals surface area contributed by atoms with Crippen molar-refractivity contribution in [3.63, 3.8) is 0 Å². The van der Waals surface area contributed by atoms with Gasteiger partial charge in [-0.05, 0) is 39.3 Å². The van der Waals surface area contributed by atoms with Crippen molar-refractivity contribution >= 4 is 15.9 Å². The van der Waals surface area contributed by atoms with E-state index in [1.54, 1.807) is 45.9 Å². The summed E-state index contributed by atoms with van der Waals surface area (Å²) in [7, 11) is -3.61. The lowest BCUT2D eigenvalue weighted by molar-refractivity contribution is 0.0519. The summed E-state index contributed by atoms with van der Waals surface area (Å²) in [6.45, 7) is 6.86. The van der Waals surface area contributed by atoms with Crippen LogP contribution in [-0.2, 0) is 14.6 Å². The number of ether oxygens (including phenoxy) is 1. The molecule has 1 atom stereocenters. The summed E-state index contributed by atoms with van der Waals surface area (Å²) in [5.74, 6) is 0. The molecule has 0 aliphatic rings. The van der Waals surface area contributed by atoms with E-state index in [1.807, 2.05) is 0 Å². The third-order valence-electron chi connectivity index (χ3n) is 2.49. The van der Waals surface area contributed by atoms with E-state index in [9.17, 15) is 13.2 Å². The number of rotatable bonds is 4. The quantitative estimate of drug-likeness (QED) is 0.927. The molecule has 0 aromatic heterocycles. The molecule has 5 nitrogen and oxygen atoms in total. The highest BCUT2D eigenvalue weighted by molar-refractivity contribution is 7.92. The van der Waals surface area contributed by atoms with Gasteiger partial charge in [0.05, 0.1) is 4.90 Å². The van der Waals surface area contributed by atoms with E-state index in [1.165, 1.54) is 12.1 Å². The summed E-state index contributed by atoms with van der Waals surface area (Å²) < 4.78 is 29.9. The fraction of sp³-hybridized carbons (Fsp3) is 0.500. The second-order valence-electron chi connectivity index (χ2n) is 5.40. The summed E-state index contributed by atoms with van der Waals surface area (Å²) in [5.41, 5.74) is -0.668. The van der Waals surface area contributed by atoms with Crippen LogP contribution in [-0.4, -0.2) is 25.5 Å². The molecule has 1 amide bonds. The summed E-state index contributed by atoms with van der Waals surface area (Å²) >= 11 is 0. The number of sulfone groups is 1. The average Bonchev–Trinajstić information content (AvgIpc) is 2.34. The Labute approximate surface area is 120 Å². The van der Waals surface area contributed by atoms with E-state index in [4.69, 9.17) is 4.74 Å². The zero-order chi connectivity index (χ0) is 15.4. The molecule has 0 heterocycles. The van der Waals surface area contributed by atoms with Gasteiger partial charge in [-0.3, -0.25) is 0 Å². The molecule has 0 fully saturated rings. The van der Waals surface area contributed by atoms with Crippen LogP contribution in [0.2, 0.25) is 0 Å². The second-order valence-corrected chi connectivity index (χ2v) is 7.53. The van der Waals surface area contributed by atoms with Crippen LogP contribution in [0.25, 0.3) is 0 Å². The van der Waals surface area contributed by atoms with Crippen molar-refractivity contribution in [1.82, 2.24) is 5.32 Å². The van der Waals surface area contributed by atoms with Crippen molar-refractivity contribution in [1.29, 1.82) is 0 Å². The molecular formula is C14H21NO4S. The van der Waals surface area contributed by atoms with Crippen molar-refractivity contribution in [2.75, 3.05) is 0 Å². The highest BCUT2D eigenvalue weighted by Crippen LogP contribution is 2.17. The smallest absolute Gasteiger partial charge is 0.408 e. The summed E-state index contributed by atoms with van der Waals surface area (Å²) in [4.78, 5) is 11.9. The molecule has 1 aromatic rings. The number of carbonyl (C=O) groups excluding carboxylic acids is 1. The van der Waals surface area contributed by atoms with E-state index in [-0.39, 0.29) is 11.3 Å². The first-order valence-corrected chi connectivity index (χ1v) is 8.00. The van der Waals surface area contributed by atoms with E-state index >= 15 is 0 Å². The van der Waals surface area contributed by atoms with Gasteiger partial charge in [-0.2, -0.15) is 0 Å². The molecule has 0 aliphatic carbocycles. The number of carbonyl (C=O) groups is 1. The van der Waals surface area contributed by atoms with Crippen LogP contribution in [0.15, 0.2) is 35.2 Å². The van der Waals surface area contributed by atoms with Gasteiger partial charge < -0.3 is 10.1 Å². The maximum atomic E-state index is 12.4. The number of amides is 1. The summed E-state index contributed by atoms with van der Waals surface area (Å²) in [6, 6.07) is 8.05. The van der Waals surface area contributed by atoms with Crippen LogP contribution < -0.4 is 5.32 Å². The third kappa shape index (κ3) is 4.52. The Morgan fingerprint density at radius 2 is 1.80 bits per heavy atom. The molecule has 0 saturated heterocycles. The van der Waals surface area contributed by atoms with Crippen LogP contribution in [0, 0.1) is 0 Å². The van der Waals surface area contributed by atoms with Crippen molar-refractivity contribution in [2.45, 2.75) is 50.0 Å². The van der Waals surface area contributed by atoms with Gasteiger partial charge in [-0.25, -0.2) is 13.2 Å². The van der Waals surface area contributed by atoms with Crippen molar-refractivity contribution in [2.24, 2.45) is 0 Å². The molecule has 0 aliphatic heterocycles. The van der Waals surface area contributed by atoms with Gasteiger partial charge in [0, 0.05) is 0 Å². The first kappa shape index (κ1) is 16.5. The summed E-state index contributed by atoms with van der Waals surface area (Å²) in [6.07, 6.45) is -0.472. The minimum atomic E-state index is -3.61. The van der Waals surface area contributed by atoms with Crippen LogP contribution in [0.3, 0.4) is 0 Å². The molecular weight excluding hydrogens is 278 g/mol. The Morgan fingerprint density at radius 3 is 2.25 bits per heavy atom. The van der Waals surface area contributed by atoms with Gasteiger partial charge in [0.25, 0.3) is 0 Å². The lowest BCUT2D eigenvalue weighted by Crippen LogP contribution is -2.43. The highest BCUT2D eigenvalue weighted by Gasteiger charge is 2.29. The molecule has 0 spiro atoms. The fourth-order valence-corrected chi connectivity index (χ4v) is 3.17. The zero-order valence-corrected chi connectivity index (χ0v) is 13.0. The van der Waals surface area contributed by atoms with Crippen LogP contribution >= 0.6 is 0 Å². The Balaban J connectivity index is 2.89. The van der Waals surface area contributed by atoms with Gasteiger partial charge in [-0.15, -0.1) is 0 Å². The number of nitrogens with one attached hydrogen (secondary N) is 1. The number of hydrogen-bond acceptors (Lipinski definition) is 4. The standard InChI is InChI=1S/C14H21NO4S/c1-5-12(15-13(16)19-14(2,3)4)20(17,18)11-9-7-6-8-10-11/h6-10,12H,5H2,1-4H3,(H,15,16). The van der Waals surface area contributed by atoms with Gasteiger partial charge in [0.15, 0.2) is 9.84 Å².